The first-order chi connectivity index (χ1) is 14.8. The van der Waals surface area contributed by atoms with Crippen LogP contribution in [0.4, 0.5) is 5.69 Å². The lowest BCUT2D eigenvalue weighted by atomic mass is 10.0. The van der Waals surface area contributed by atoms with Crippen molar-refractivity contribution in [3.63, 3.8) is 0 Å². The number of nitrogens with zero attached hydrogens (tertiary/aromatic N) is 1. The molecule has 0 fully saturated rings. The minimum Gasteiger partial charge on any atom is -0.326 e. The van der Waals surface area contributed by atoms with Gasteiger partial charge in [-0.05, 0) is 67.1 Å². The summed E-state index contributed by atoms with van der Waals surface area (Å²) in [6, 6.07) is 22.0. The van der Waals surface area contributed by atoms with Gasteiger partial charge in [0.25, 0.3) is 5.56 Å². The summed E-state index contributed by atoms with van der Waals surface area (Å²) >= 11 is 0. The molecule has 1 aromatic heterocycles. The van der Waals surface area contributed by atoms with Crippen molar-refractivity contribution in [1.29, 1.82) is 0 Å². The fourth-order valence-corrected chi connectivity index (χ4v) is 3.98. The summed E-state index contributed by atoms with van der Waals surface area (Å²) in [6.45, 7) is 8.14. The van der Waals surface area contributed by atoms with E-state index >= 15 is 0 Å². The molecule has 4 heteroatoms. The highest BCUT2D eigenvalue weighted by Crippen LogP contribution is 2.26. The molecule has 156 valence electrons. The molecule has 0 saturated carbocycles. The van der Waals surface area contributed by atoms with Crippen LogP contribution in [0, 0.1) is 20.8 Å². The zero-order chi connectivity index (χ0) is 22.1. The van der Waals surface area contributed by atoms with Crippen LogP contribution in [0.15, 0.2) is 71.5 Å². The van der Waals surface area contributed by atoms with Gasteiger partial charge in [-0.2, -0.15) is 0 Å². The third-order valence-electron chi connectivity index (χ3n) is 5.59. The number of anilines is 1. The minimum absolute atomic E-state index is 0.00196. The molecule has 0 spiro atoms. The molecule has 4 nitrogen and oxygen atoms in total. The highest BCUT2D eigenvalue weighted by atomic mass is 16.1. The molecule has 0 aliphatic heterocycles. The van der Waals surface area contributed by atoms with Crippen LogP contribution in [0.2, 0.25) is 0 Å². The van der Waals surface area contributed by atoms with Crippen LogP contribution in [-0.2, 0) is 11.3 Å². The van der Waals surface area contributed by atoms with Crippen molar-refractivity contribution >= 4 is 22.4 Å². The van der Waals surface area contributed by atoms with Crippen LogP contribution in [0.25, 0.3) is 22.0 Å². The van der Waals surface area contributed by atoms with E-state index < -0.39 is 0 Å². The molecule has 4 rings (SSSR count). The number of nitrogens with one attached hydrogen (secondary N) is 1. The maximum atomic E-state index is 13.6. The Bertz CT molecular complexity index is 1350. The number of carbonyl (C=O) groups excluding carboxylic acids is 1. The molecular weight excluding hydrogens is 384 g/mol. The Balaban J connectivity index is 1.90. The van der Waals surface area contributed by atoms with E-state index in [9.17, 15) is 9.59 Å². The SMILES string of the molecule is CC(=O)Nc1ccc(-c2cc3ccc(C)cc3c(=O)n2Cc2ccc(C)cc2C)cc1. The topological polar surface area (TPSA) is 51.1 Å². The van der Waals surface area contributed by atoms with Crippen LogP contribution in [0.1, 0.15) is 29.2 Å². The Morgan fingerprint density at radius 3 is 2.23 bits per heavy atom. The first kappa shape index (κ1) is 20.6. The smallest absolute Gasteiger partial charge is 0.259 e. The molecule has 0 bridgehead atoms. The van der Waals surface area contributed by atoms with Crippen molar-refractivity contribution in [2.24, 2.45) is 0 Å². The summed E-state index contributed by atoms with van der Waals surface area (Å²) in [4.78, 5) is 24.9. The van der Waals surface area contributed by atoms with Gasteiger partial charge in [-0.1, -0.05) is 53.6 Å². The second kappa shape index (κ2) is 8.23. The van der Waals surface area contributed by atoms with E-state index in [1.54, 1.807) is 0 Å². The number of fused-ring (bicyclic) bond motifs is 1. The van der Waals surface area contributed by atoms with Crippen LogP contribution in [-0.4, -0.2) is 10.5 Å². The van der Waals surface area contributed by atoms with E-state index in [1.807, 2.05) is 54.0 Å². The van der Waals surface area contributed by atoms with E-state index in [2.05, 4.69) is 43.4 Å². The maximum absolute atomic E-state index is 13.6. The van der Waals surface area contributed by atoms with Gasteiger partial charge >= 0.3 is 0 Å². The molecule has 3 aromatic carbocycles. The van der Waals surface area contributed by atoms with E-state index in [0.717, 1.165) is 38.8 Å². The third-order valence-corrected chi connectivity index (χ3v) is 5.59. The molecule has 1 heterocycles. The molecule has 1 N–H and O–H groups in total. The molecule has 0 aliphatic rings. The molecule has 0 saturated heterocycles. The lowest BCUT2D eigenvalue weighted by molar-refractivity contribution is -0.114. The third kappa shape index (κ3) is 4.29. The molecule has 0 atom stereocenters. The van der Waals surface area contributed by atoms with Crippen molar-refractivity contribution in [3.8, 4) is 11.3 Å². The summed E-state index contributed by atoms with van der Waals surface area (Å²) in [5, 5.41) is 4.44. The second-order valence-electron chi connectivity index (χ2n) is 8.20. The Morgan fingerprint density at radius 1 is 0.871 bits per heavy atom. The molecule has 0 unspecified atom stereocenters. The van der Waals surface area contributed by atoms with Crippen molar-refractivity contribution in [2.75, 3.05) is 5.32 Å². The first-order valence-electron chi connectivity index (χ1n) is 10.4. The minimum atomic E-state index is -0.111. The number of hydrogen-bond acceptors (Lipinski definition) is 2. The predicted octanol–water partition coefficient (Wildman–Crippen LogP) is 5.60. The van der Waals surface area contributed by atoms with E-state index in [1.165, 1.54) is 18.1 Å². The molecule has 4 aromatic rings. The number of carbonyl (C=O) groups is 1. The standard InChI is InChI=1S/C27H26N2O2/c1-17-6-8-23(19(3)13-17)16-29-26(21-9-11-24(12-10-21)28-20(4)30)15-22-7-5-18(2)14-25(22)27(29)31/h5-15H,16H2,1-4H3,(H,28,30). The summed E-state index contributed by atoms with van der Waals surface area (Å²) in [5.74, 6) is -0.111. The van der Waals surface area contributed by atoms with Gasteiger partial charge in [-0.15, -0.1) is 0 Å². The van der Waals surface area contributed by atoms with Gasteiger partial charge in [-0.3, -0.25) is 9.59 Å². The van der Waals surface area contributed by atoms with Crippen molar-refractivity contribution < 1.29 is 4.79 Å². The number of aryl methyl sites for hydroxylation is 3. The number of aromatic nitrogens is 1. The summed E-state index contributed by atoms with van der Waals surface area (Å²) in [6.07, 6.45) is 0. The van der Waals surface area contributed by atoms with Crippen LogP contribution in [0.3, 0.4) is 0 Å². The van der Waals surface area contributed by atoms with E-state index in [-0.39, 0.29) is 11.5 Å². The summed E-state index contributed by atoms with van der Waals surface area (Å²) < 4.78 is 1.85. The zero-order valence-corrected chi connectivity index (χ0v) is 18.3. The van der Waals surface area contributed by atoms with Crippen LogP contribution < -0.4 is 10.9 Å². The average molecular weight is 411 g/mol. The fourth-order valence-electron chi connectivity index (χ4n) is 3.98. The monoisotopic (exact) mass is 410 g/mol. The molecule has 0 aliphatic carbocycles. The van der Waals surface area contributed by atoms with E-state index in [4.69, 9.17) is 0 Å². The van der Waals surface area contributed by atoms with Crippen molar-refractivity contribution in [1.82, 2.24) is 4.57 Å². The second-order valence-corrected chi connectivity index (χ2v) is 8.20. The maximum Gasteiger partial charge on any atom is 0.259 e. The molecule has 0 radical (unpaired) electrons. The fraction of sp³-hybridized carbons (Fsp3) is 0.185. The Hall–Kier alpha value is -3.66. The average Bonchev–Trinajstić information content (AvgIpc) is 2.72. The Labute approximate surface area is 182 Å². The lowest BCUT2D eigenvalue weighted by Gasteiger charge is -2.17. The lowest BCUT2D eigenvalue weighted by Crippen LogP contribution is -2.23. The summed E-state index contributed by atoms with van der Waals surface area (Å²) in [5.41, 5.74) is 7.08. The predicted molar refractivity (Wildman–Crippen MR) is 128 cm³/mol. The molecular formula is C27H26N2O2. The summed E-state index contributed by atoms with van der Waals surface area (Å²) in [7, 11) is 0. The number of benzene rings is 3. The number of rotatable bonds is 4. The van der Waals surface area contributed by atoms with Crippen molar-refractivity contribution in [2.45, 2.75) is 34.2 Å². The van der Waals surface area contributed by atoms with Crippen LogP contribution >= 0.6 is 0 Å². The molecule has 31 heavy (non-hydrogen) atoms. The normalized spacial score (nSPS) is 11.0. The number of amides is 1. The van der Waals surface area contributed by atoms with Gasteiger partial charge in [0.15, 0.2) is 0 Å². The van der Waals surface area contributed by atoms with Gasteiger partial charge < -0.3 is 9.88 Å². The highest BCUT2D eigenvalue weighted by Gasteiger charge is 2.13. The van der Waals surface area contributed by atoms with Gasteiger partial charge in [0, 0.05) is 18.0 Å². The number of hydrogen-bond donors (Lipinski definition) is 1. The van der Waals surface area contributed by atoms with Gasteiger partial charge in [0.1, 0.15) is 0 Å². The van der Waals surface area contributed by atoms with Gasteiger partial charge in [0.2, 0.25) is 5.91 Å². The van der Waals surface area contributed by atoms with Crippen molar-refractivity contribution in [3.05, 3.63) is 99.3 Å². The Kier molecular flexibility index (Phi) is 5.47. The quantitative estimate of drug-likeness (QED) is 0.476. The van der Waals surface area contributed by atoms with Crippen LogP contribution in [0.5, 0.6) is 0 Å². The molecule has 1 amide bonds. The van der Waals surface area contributed by atoms with Gasteiger partial charge in [0.05, 0.1) is 12.2 Å². The van der Waals surface area contributed by atoms with Gasteiger partial charge in [-0.25, -0.2) is 0 Å². The highest BCUT2D eigenvalue weighted by molar-refractivity contribution is 5.89. The van der Waals surface area contributed by atoms with E-state index in [0.29, 0.717) is 6.54 Å². The first-order valence-corrected chi connectivity index (χ1v) is 10.4. The largest absolute Gasteiger partial charge is 0.326 e. The Morgan fingerprint density at radius 2 is 1.55 bits per heavy atom. The number of pyridine rings is 1. The zero-order valence-electron chi connectivity index (χ0n) is 18.3.